The minimum atomic E-state index is -0.483. The number of aliphatic hydroxyl groups excluding tert-OH is 1. The molecule has 1 fully saturated rings. The van der Waals surface area contributed by atoms with E-state index in [0.717, 1.165) is 32.1 Å². The molecule has 2 atom stereocenters. The zero-order valence-electron chi connectivity index (χ0n) is 12.1. The van der Waals surface area contributed by atoms with Crippen molar-refractivity contribution < 1.29 is 14.4 Å². The molecule has 1 aliphatic carbocycles. The average Bonchev–Trinajstić information content (AvgIpc) is 2.90. The lowest BCUT2D eigenvalue weighted by atomic mass is 9.84. The molecule has 1 aromatic rings. The Morgan fingerprint density at radius 3 is 2.58 bits per heavy atom. The Morgan fingerprint density at radius 1 is 1.37 bits per heavy atom. The van der Waals surface area contributed by atoms with Crippen molar-refractivity contribution in [2.75, 3.05) is 7.11 Å². The van der Waals surface area contributed by atoms with E-state index in [2.05, 4.69) is 10.1 Å². The predicted octanol–water partition coefficient (Wildman–Crippen LogP) is 2.75. The van der Waals surface area contributed by atoms with E-state index in [1.807, 2.05) is 6.92 Å². The lowest BCUT2D eigenvalue weighted by Crippen LogP contribution is -2.32. The lowest BCUT2D eigenvalue weighted by Gasteiger charge is -2.32. The molecule has 1 aliphatic rings. The Balaban J connectivity index is 2.23. The molecule has 0 radical (unpaired) electrons. The van der Waals surface area contributed by atoms with Gasteiger partial charge in [0.2, 0.25) is 11.7 Å². The SMILES string of the molecule is CCC(c1nc(C2(OC)CCCCC2)no1)C(C)O. The molecule has 5 heteroatoms. The monoisotopic (exact) mass is 268 g/mol. The summed E-state index contributed by atoms with van der Waals surface area (Å²) in [5.74, 6) is 1.07. The first-order valence-corrected chi connectivity index (χ1v) is 7.20. The molecular formula is C14H24N2O3. The van der Waals surface area contributed by atoms with Gasteiger partial charge in [-0.3, -0.25) is 0 Å². The molecule has 0 spiro atoms. The van der Waals surface area contributed by atoms with Crippen LogP contribution in [-0.4, -0.2) is 28.5 Å². The van der Waals surface area contributed by atoms with Crippen LogP contribution in [0.25, 0.3) is 0 Å². The normalized spacial score (nSPS) is 22.1. The fourth-order valence-corrected chi connectivity index (χ4v) is 2.93. The van der Waals surface area contributed by atoms with Gasteiger partial charge in [-0.05, 0) is 26.2 Å². The largest absolute Gasteiger partial charge is 0.393 e. The van der Waals surface area contributed by atoms with Crippen LogP contribution in [0.3, 0.4) is 0 Å². The van der Waals surface area contributed by atoms with Crippen molar-refractivity contribution in [1.29, 1.82) is 0 Å². The molecule has 1 N–H and O–H groups in total. The quantitative estimate of drug-likeness (QED) is 0.889. The van der Waals surface area contributed by atoms with Crippen LogP contribution < -0.4 is 0 Å². The van der Waals surface area contributed by atoms with E-state index in [9.17, 15) is 5.11 Å². The summed E-state index contributed by atoms with van der Waals surface area (Å²) < 4.78 is 11.1. The number of rotatable bonds is 5. The van der Waals surface area contributed by atoms with Gasteiger partial charge >= 0.3 is 0 Å². The van der Waals surface area contributed by atoms with Crippen molar-refractivity contribution in [3.05, 3.63) is 11.7 Å². The second-order valence-electron chi connectivity index (χ2n) is 5.47. The first-order valence-electron chi connectivity index (χ1n) is 7.20. The predicted molar refractivity (Wildman–Crippen MR) is 70.8 cm³/mol. The molecule has 0 saturated heterocycles. The highest BCUT2D eigenvalue weighted by atomic mass is 16.5. The molecule has 0 aliphatic heterocycles. The molecular weight excluding hydrogens is 244 g/mol. The number of methoxy groups -OCH3 is 1. The van der Waals surface area contributed by atoms with Crippen molar-refractivity contribution in [1.82, 2.24) is 10.1 Å². The minimum absolute atomic E-state index is 0.0984. The molecule has 2 rings (SSSR count). The first-order chi connectivity index (χ1) is 9.13. The Morgan fingerprint density at radius 2 is 2.05 bits per heavy atom. The maximum atomic E-state index is 9.75. The van der Waals surface area contributed by atoms with Gasteiger partial charge in [-0.15, -0.1) is 0 Å². The van der Waals surface area contributed by atoms with E-state index in [1.54, 1.807) is 14.0 Å². The molecule has 1 heterocycles. The van der Waals surface area contributed by atoms with E-state index in [-0.39, 0.29) is 5.92 Å². The van der Waals surface area contributed by atoms with Crippen LogP contribution >= 0.6 is 0 Å². The molecule has 108 valence electrons. The smallest absolute Gasteiger partial charge is 0.232 e. The van der Waals surface area contributed by atoms with Gasteiger partial charge in [-0.1, -0.05) is 31.3 Å². The second-order valence-corrected chi connectivity index (χ2v) is 5.47. The highest BCUT2D eigenvalue weighted by molar-refractivity contribution is 5.05. The van der Waals surface area contributed by atoms with Gasteiger partial charge in [-0.2, -0.15) is 4.98 Å². The highest BCUT2D eigenvalue weighted by Crippen LogP contribution is 2.39. The maximum Gasteiger partial charge on any atom is 0.232 e. The summed E-state index contributed by atoms with van der Waals surface area (Å²) in [4.78, 5) is 4.51. The van der Waals surface area contributed by atoms with Crippen LogP contribution in [0.2, 0.25) is 0 Å². The molecule has 0 amide bonds. The Kier molecular flexibility index (Phi) is 4.58. The van der Waals surface area contributed by atoms with Crippen molar-refractivity contribution in [3.8, 4) is 0 Å². The maximum absolute atomic E-state index is 9.75. The van der Waals surface area contributed by atoms with Gasteiger partial charge < -0.3 is 14.4 Å². The van der Waals surface area contributed by atoms with Crippen molar-refractivity contribution in [2.24, 2.45) is 0 Å². The number of aromatic nitrogens is 2. The lowest BCUT2D eigenvalue weighted by molar-refractivity contribution is -0.0527. The summed E-state index contributed by atoms with van der Waals surface area (Å²) in [5, 5.41) is 13.9. The number of aliphatic hydroxyl groups is 1. The van der Waals surface area contributed by atoms with E-state index in [0.29, 0.717) is 11.7 Å². The molecule has 1 aromatic heterocycles. The fourth-order valence-electron chi connectivity index (χ4n) is 2.93. The van der Waals surface area contributed by atoms with Crippen LogP contribution in [0.1, 0.15) is 70.0 Å². The summed E-state index contributed by atoms with van der Waals surface area (Å²) in [6, 6.07) is 0. The zero-order valence-corrected chi connectivity index (χ0v) is 12.1. The second kappa shape index (κ2) is 6.01. The summed E-state index contributed by atoms with van der Waals surface area (Å²) in [7, 11) is 1.72. The minimum Gasteiger partial charge on any atom is -0.393 e. The van der Waals surface area contributed by atoms with Gasteiger partial charge in [0.1, 0.15) is 5.60 Å². The molecule has 5 nitrogen and oxygen atoms in total. The molecule has 0 bridgehead atoms. The molecule has 2 unspecified atom stereocenters. The Hall–Kier alpha value is -0.940. The van der Waals surface area contributed by atoms with Crippen molar-refractivity contribution in [3.63, 3.8) is 0 Å². The number of nitrogens with zero attached hydrogens (tertiary/aromatic N) is 2. The third-order valence-electron chi connectivity index (χ3n) is 4.24. The Labute approximate surface area is 114 Å². The van der Waals surface area contributed by atoms with E-state index >= 15 is 0 Å². The van der Waals surface area contributed by atoms with E-state index < -0.39 is 11.7 Å². The number of hydrogen-bond acceptors (Lipinski definition) is 5. The zero-order chi connectivity index (χ0) is 13.9. The van der Waals surface area contributed by atoms with Gasteiger partial charge in [0, 0.05) is 7.11 Å². The number of hydrogen-bond donors (Lipinski definition) is 1. The van der Waals surface area contributed by atoms with Crippen molar-refractivity contribution >= 4 is 0 Å². The molecule has 1 saturated carbocycles. The van der Waals surface area contributed by atoms with Crippen LogP contribution in [0.5, 0.6) is 0 Å². The third-order valence-corrected chi connectivity index (χ3v) is 4.24. The van der Waals surface area contributed by atoms with Crippen LogP contribution in [-0.2, 0) is 10.3 Å². The summed E-state index contributed by atoms with van der Waals surface area (Å²) in [6.07, 6.45) is 5.67. The third kappa shape index (κ3) is 2.82. The summed E-state index contributed by atoms with van der Waals surface area (Å²) in [5.41, 5.74) is -0.392. The van der Waals surface area contributed by atoms with Crippen molar-refractivity contribution in [2.45, 2.75) is 70.0 Å². The van der Waals surface area contributed by atoms with Gasteiger partial charge in [0.25, 0.3) is 0 Å². The molecule has 0 aromatic carbocycles. The summed E-state index contributed by atoms with van der Waals surface area (Å²) in [6.45, 7) is 3.76. The van der Waals surface area contributed by atoms with Gasteiger partial charge in [0.15, 0.2) is 0 Å². The van der Waals surface area contributed by atoms with E-state index in [1.165, 1.54) is 6.42 Å². The average molecular weight is 268 g/mol. The number of ether oxygens (including phenoxy) is 1. The first kappa shape index (κ1) is 14.5. The summed E-state index contributed by atoms with van der Waals surface area (Å²) >= 11 is 0. The van der Waals surface area contributed by atoms with Crippen LogP contribution in [0.4, 0.5) is 0 Å². The van der Waals surface area contributed by atoms with Gasteiger partial charge in [0.05, 0.1) is 12.0 Å². The highest BCUT2D eigenvalue weighted by Gasteiger charge is 2.39. The topological polar surface area (TPSA) is 68.4 Å². The van der Waals surface area contributed by atoms with Gasteiger partial charge in [-0.25, -0.2) is 0 Å². The fraction of sp³-hybridized carbons (Fsp3) is 0.857. The van der Waals surface area contributed by atoms with Crippen LogP contribution in [0.15, 0.2) is 4.52 Å². The Bertz CT molecular complexity index is 397. The van der Waals surface area contributed by atoms with Crippen LogP contribution in [0, 0.1) is 0 Å². The molecule has 19 heavy (non-hydrogen) atoms. The standard InChI is InChI=1S/C14H24N2O3/c1-4-11(10(2)17)12-15-13(16-19-12)14(18-3)8-6-5-7-9-14/h10-11,17H,4-9H2,1-3H3. The van der Waals surface area contributed by atoms with E-state index in [4.69, 9.17) is 9.26 Å².